The Morgan fingerprint density at radius 2 is 1.88 bits per heavy atom. The van der Waals surface area contributed by atoms with Gasteiger partial charge in [-0.3, -0.25) is 0 Å². The zero-order valence-corrected chi connectivity index (χ0v) is 12.1. The molecule has 0 aromatic heterocycles. The van der Waals surface area contributed by atoms with E-state index in [0.29, 0.717) is 11.5 Å². The summed E-state index contributed by atoms with van der Waals surface area (Å²) in [7, 11) is -1.58. The fraction of sp³-hybridized carbons (Fsp3) is 0.500. The van der Waals surface area contributed by atoms with Crippen LogP contribution in [-0.4, -0.2) is 27.9 Å². The highest BCUT2D eigenvalue weighted by molar-refractivity contribution is 9.10. The number of hydrogen-bond acceptors (Lipinski definition) is 3. The predicted molar refractivity (Wildman–Crippen MR) is 69.7 cm³/mol. The topological polar surface area (TPSA) is 43.4 Å². The third-order valence-corrected chi connectivity index (χ3v) is 5.59. The molecule has 5 heteroatoms. The van der Waals surface area contributed by atoms with E-state index in [4.69, 9.17) is 4.74 Å². The van der Waals surface area contributed by atoms with Crippen LogP contribution in [0.3, 0.4) is 0 Å². The zero-order chi connectivity index (χ0) is 12.5. The van der Waals surface area contributed by atoms with Crippen LogP contribution in [0.4, 0.5) is 0 Å². The van der Waals surface area contributed by atoms with Gasteiger partial charge in [-0.1, -0.05) is 15.9 Å². The van der Waals surface area contributed by atoms with Gasteiger partial charge >= 0.3 is 0 Å². The molecule has 0 bridgehead atoms. The van der Waals surface area contributed by atoms with Crippen LogP contribution in [0.2, 0.25) is 0 Å². The summed E-state index contributed by atoms with van der Waals surface area (Å²) in [6.07, 6.45) is 1.88. The van der Waals surface area contributed by atoms with E-state index in [-0.39, 0.29) is 11.2 Å². The van der Waals surface area contributed by atoms with Crippen molar-refractivity contribution in [1.82, 2.24) is 0 Å². The number of hydrogen-bond donors (Lipinski definition) is 0. The maximum absolute atomic E-state index is 12.2. The Morgan fingerprint density at radius 1 is 1.29 bits per heavy atom. The van der Waals surface area contributed by atoms with Crippen molar-refractivity contribution in [3.63, 3.8) is 0 Å². The summed E-state index contributed by atoms with van der Waals surface area (Å²) in [5, 5.41) is 0. The second-order valence-corrected chi connectivity index (χ2v) is 7.55. The van der Waals surface area contributed by atoms with Crippen molar-refractivity contribution in [2.24, 2.45) is 5.41 Å². The minimum absolute atomic E-state index is 0.138. The van der Waals surface area contributed by atoms with Gasteiger partial charge in [-0.05, 0) is 37.1 Å². The van der Waals surface area contributed by atoms with Crippen molar-refractivity contribution < 1.29 is 13.2 Å². The molecule has 0 saturated heterocycles. The molecule has 94 valence electrons. The minimum Gasteiger partial charge on any atom is -0.384 e. The number of halogens is 1. The molecular weight excluding hydrogens is 304 g/mol. The number of ether oxygens (including phenoxy) is 1. The fourth-order valence-electron chi connectivity index (χ4n) is 1.94. The van der Waals surface area contributed by atoms with Crippen LogP contribution in [-0.2, 0) is 14.6 Å². The van der Waals surface area contributed by atoms with Gasteiger partial charge in [0.1, 0.15) is 0 Å². The van der Waals surface area contributed by atoms with Gasteiger partial charge in [0.05, 0.1) is 17.3 Å². The second kappa shape index (κ2) is 4.71. The molecular formula is C12H15BrO3S. The molecule has 0 aliphatic heterocycles. The summed E-state index contributed by atoms with van der Waals surface area (Å²) < 4.78 is 30.4. The molecule has 0 heterocycles. The number of sulfone groups is 1. The first-order valence-corrected chi connectivity index (χ1v) is 7.89. The van der Waals surface area contributed by atoms with Crippen molar-refractivity contribution >= 4 is 25.8 Å². The molecule has 1 aliphatic rings. The minimum atomic E-state index is -3.20. The molecule has 2 rings (SSSR count). The summed E-state index contributed by atoms with van der Waals surface area (Å²) >= 11 is 3.30. The van der Waals surface area contributed by atoms with Crippen molar-refractivity contribution in [3.05, 3.63) is 28.7 Å². The molecule has 1 aliphatic carbocycles. The van der Waals surface area contributed by atoms with E-state index in [1.165, 1.54) is 0 Å². The summed E-state index contributed by atoms with van der Waals surface area (Å²) in [4.78, 5) is 0.392. The van der Waals surface area contributed by atoms with Crippen LogP contribution >= 0.6 is 15.9 Å². The molecule has 0 unspecified atom stereocenters. The first-order valence-electron chi connectivity index (χ1n) is 5.45. The van der Waals surface area contributed by atoms with Gasteiger partial charge in [0, 0.05) is 17.0 Å². The van der Waals surface area contributed by atoms with Gasteiger partial charge in [0.2, 0.25) is 0 Å². The van der Waals surface area contributed by atoms with Crippen molar-refractivity contribution in [1.29, 1.82) is 0 Å². The van der Waals surface area contributed by atoms with E-state index >= 15 is 0 Å². The maximum atomic E-state index is 12.2. The summed E-state index contributed by atoms with van der Waals surface area (Å²) in [5.74, 6) is 0.190. The molecule has 0 amide bonds. The summed E-state index contributed by atoms with van der Waals surface area (Å²) in [5.41, 5.74) is -0.138. The SMILES string of the molecule is COCC1(CS(=O)(=O)c2ccc(Br)cc2)CC1. The zero-order valence-electron chi connectivity index (χ0n) is 9.65. The van der Waals surface area contributed by atoms with Crippen LogP contribution in [0.1, 0.15) is 12.8 Å². The Balaban J connectivity index is 2.17. The third-order valence-electron chi connectivity index (χ3n) is 3.08. The van der Waals surface area contributed by atoms with Gasteiger partial charge in [-0.15, -0.1) is 0 Å². The Hall–Kier alpha value is -0.390. The fourth-order valence-corrected chi connectivity index (χ4v) is 4.10. The van der Waals surface area contributed by atoms with Crippen LogP contribution < -0.4 is 0 Å². The van der Waals surface area contributed by atoms with Gasteiger partial charge in [-0.2, -0.15) is 0 Å². The summed E-state index contributed by atoms with van der Waals surface area (Å²) in [6, 6.07) is 6.79. The molecule has 0 spiro atoms. The van der Waals surface area contributed by atoms with Gasteiger partial charge in [0.25, 0.3) is 0 Å². The molecule has 1 aromatic rings. The van der Waals surface area contributed by atoms with Crippen LogP contribution in [0.25, 0.3) is 0 Å². The monoisotopic (exact) mass is 318 g/mol. The highest BCUT2D eigenvalue weighted by Gasteiger charge is 2.46. The first-order chi connectivity index (χ1) is 7.97. The Morgan fingerprint density at radius 3 is 2.35 bits per heavy atom. The average Bonchev–Trinajstić information content (AvgIpc) is 2.98. The van der Waals surface area contributed by atoms with Crippen molar-refractivity contribution in [2.45, 2.75) is 17.7 Å². The quantitative estimate of drug-likeness (QED) is 0.838. The maximum Gasteiger partial charge on any atom is 0.179 e. The predicted octanol–water partition coefficient (Wildman–Crippen LogP) is 2.65. The number of methoxy groups -OCH3 is 1. The molecule has 3 nitrogen and oxygen atoms in total. The van der Waals surface area contributed by atoms with E-state index in [0.717, 1.165) is 17.3 Å². The number of benzene rings is 1. The third kappa shape index (κ3) is 3.09. The normalized spacial score (nSPS) is 18.0. The summed E-state index contributed by atoms with van der Waals surface area (Å²) in [6.45, 7) is 0.531. The van der Waals surface area contributed by atoms with Gasteiger partial charge in [-0.25, -0.2) is 8.42 Å². The average molecular weight is 319 g/mol. The Bertz CT molecular complexity index is 489. The van der Waals surface area contributed by atoms with E-state index < -0.39 is 9.84 Å². The Kier molecular flexibility index (Phi) is 3.61. The van der Waals surface area contributed by atoms with E-state index in [9.17, 15) is 8.42 Å². The van der Waals surface area contributed by atoms with E-state index in [1.54, 1.807) is 31.4 Å². The van der Waals surface area contributed by atoms with Crippen LogP contribution in [0, 0.1) is 5.41 Å². The van der Waals surface area contributed by atoms with E-state index in [2.05, 4.69) is 15.9 Å². The molecule has 0 N–H and O–H groups in total. The molecule has 0 radical (unpaired) electrons. The molecule has 0 atom stereocenters. The number of rotatable bonds is 5. The van der Waals surface area contributed by atoms with Crippen LogP contribution in [0.5, 0.6) is 0 Å². The lowest BCUT2D eigenvalue weighted by Gasteiger charge is -2.14. The van der Waals surface area contributed by atoms with Crippen molar-refractivity contribution in [3.8, 4) is 0 Å². The largest absolute Gasteiger partial charge is 0.384 e. The standard InChI is InChI=1S/C12H15BrO3S/c1-16-8-12(6-7-12)9-17(14,15)11-4-2-10(13)3-5-11/h2-5H,6-9H2,1H3. The highest BCUT2D eigenvalue weighted by Crippen LogP contribution is 2.47. The lowest BCUT2D eigenvalue weighted by Crippen LogP contribution is -2.21. The van der Waals surface area contributed by atoms with Gasteiger partial charge < -0.3 is 4.74 Å². The first kappa shape index (κ1) is 13.1. The molecule has 1 aromatic carbocycles. The lowest BCUT2D eigenvalue weighted by atomic mass is 10.2. The van der Waals surface area contributed by atoms with Crippen molar-refractivity contribution in [2.75, 3.05) is 19.5 Å². The lowest BCUT2D eigenvalue weighted by molar-refractivity contribution is 0.151. The molecule has 1 fully saturated rings. The van der Waals surface area contributed by atoms with Crippen LogP contribution in [0.15, 0.2) is 33.6 Å². The highest BCUT2D eigenvalue weighted by atomic mass is 79.9. The smallest absolute Gasteiger partial charge is 0.179 e. The second-order valence-electron chi connectivity index (χ2n) is 4.65. The molecule has 17 heavy (non-hydrogen) atoms. The van der Waals surface area contributed by atoms with Gasteiger partial charge in [0.15, 0.2) is 9.84 Å². The molecule has 1 saturated carbocycles. The Labute approximate surface area is 110 Å². The van der Waals surface area contributed by atoms with E-state index in [1.807, 2.05) is 0 Å².